The number of rotatable bonds is 8. The van der Waals surface area contributed by atoms with Crippen LogP contribution in [-0.4, -0.2) is 69.7 Å². The summed E-state index contributed by atoms with van der Waals surface area (Å²) in [7, 11) is 0. The molecule has 2 aromatic rings. The van der Waals surface area contributed by atoms with Crippen LogP contribution in [0.5, 0.6) is 17.4 Å². The van der Waals surface area contributed by atoms with Crippen LogP contribution in [0.25, 0.3) is 0 Å². The number of anilines is 2. The summed E-state index contributed by atoms with van der Waals surface area (Å²) in [6.45, 7) is 6.57. The number of nitrogens with zero attached hydrogens (tertiary/aromatic N) is 3. The fourth-order valence-corrected chi connectivity index (χ4v) is 3.26. The largest absolute Gasteiger partial charge is 0.502 e. The summed E-state index contributed by atoms with van der Waals surface area (Å²) in [5.41, 5.74) is 1.30. The van der Waals surface area contributed by atoms with E-state index in [1.54, 1.807) is 36.2 Å². The van der Waals surface area contributed by atoms with Gasteiger partial charge in [0, 0.05) is 44.3 Å². The maximum absolute atomic E-state index is 12.0. The van der Waals surface area contributed by atoms with Crippen LogP contribution in [0.3, 0.4) is 0 Å². The van der Waals surface area contributed by atoms with E-state index in [-0.39, 0.29) is 43.1 Å². The molecular formula is C22H30N4O6. The molecule has 0 radical (unpaired) electrons. The second kappa shape index (κ2) is 10.9. The molecule has 1 fully saturated rings. The van der Waals surface area contributed by atoms with E-state index in [1.807, 2.05) is 13.8 Å². The maximum Gasteiger partial charge on any atom is 0.410 e. The monoisotopic (exact) mass is 446 g/mol. The number of aromatic nitrogens is 2. The number of aliphatic hydroxyl groups excluding tert-OH is 1. The predicted octanol–water partition coefficient (Wildman–Crippen LogP) is 2.99. The minimum atomic E-state index is -0.312. The number of amides is 1. The summed E-state index contributed by atoms with van der Waals surface area (Å²) >= 11 is 0. The summed E-state index contributed by atoms with van der Waals surface area (Å²) in [5, 5.41) is 22.6. The molecule has 0 bridgehead atoms. The molecule has 174 valence electrons. The Kier molecular flexibility index (Phi) is 7.93. The highest BCUT2D eigenvalue weighted by atomic mass is 16.6. The molecule has 32 heavy (non-hydrogen) atoms. The van der Waals surface area contributed by atoms with Crippen molar-refractivity contribution in [2.45, 2.75) is 45.8 Å². The normalized spacial score (nSPS) is 14.3. The van der Waals surface area contributed by atoms with Gasteiger partial charge in [-0.15, -0.1) is 0 Å². The van der Waals surface area contributed by atoms with Gasteiger partial charge in [-0.25, -0.2) is 14.8 Å². The molecule has 3 N–H and O–H groups in total. The molecule has 0 aromatic carbocycles. The smallest absolute Gasteiger partial charge is 0.410 e. The summed E-state index contributed by atoms with van der Waals surface area (Å²) in [5.74, 6) is 0.864. The number of aryl methyl sites for hydroxylation is 1. The van der Waals surface area contributed by atoms with E-state index < -0.39 is 0 Å². The Bertz CT molecular complexity index is 915. The van der Waals surface area contributed by atoms with Gasteiger partial charge in [0.15, 0.2) is 11.6 Å². The van der Waals surface area contributed by atoms with Crippen LogP contribution in [0, 0.1) is 6.92 Å². The van der Waals surface area contributed by atoms with Crippen molar-refractivity contribution < 1.29 is 29.2 Å². The number of ether oxygens (including phenoxy) is 3. The highest BCUT2D eigenvalue weighted by Gasteiger charge is 2.26. The van der Waals surface area contributed by atoms with Crippen LogP contribution in [0.2, 0.25) is 0 Å². The number of hydrogen-bond acceptors (Lipinski definition) is 9. The highest BCUT2D eigenvalue weighted by Crippen LogP contribution is 2.36. The Morgan fingerprint density at radius 2 is 2.03 bits per heavy atom. The SMILES string of the molecule is Cc1nc(OCCO)ccc1Nc1nccc(OC2CCN(C(=O)OC(C)C)CC2)c1O. The van der Waals surface area contributed by atoms with Gasteiger partial charge < -0.3 is 34.6 Å². The zero-order chi connectivity index (χ0) is 23.1. The van der Waals surface area contributed by atoms with Crippen LogP contribution in [0.1, 0.15) is 32.4 Å². The van der Waals surface area contributed by atoms with Crippen LogP contribution in [-0.2, 0) is 4.74 Å². The Balaban J connectivity index is 1.61. The van der Waals surface area contributed by atoms with Gasteiger partial charge in [-0.2, -0.15) is 0 Å². The molecular weight excluding hydrogens is 416 g/mol. The van der Waals surface area contributed by atoms with E-state index in [4.69, 9.17) is 19.3 Å². The van der Waals surface area contributed by atoms with Gasteiger partial charge in [0.05, 0.1) is 24.1 Å². The van der Waals surface area contributed by atoms with Gasteiger partial charge in [-0.3, -0.25) is 0 Å². The van der Waals surface area contributed by atoms with Crippen molar-refractivity contribution in [2.75, 3.05) is 31.6 Å². The Morgan fingerprint density at radius 1 is 1.28 bits per heavy atom. The third kappa shape index (κ3) is 6.13. The Morgan fingerprint density at radius 3 is 2.69 bits per heavy atom. The zero-order valence-corrected chi connectivity index (χ0v) is 18.6. The second-order valence-electron chi connectivity index (χ2n) is 7.72. The fourth-order valence-electron chi connectivity index (χ4n) is 3.26. The lowest BCUT2D eigenvalue weighted by molar-refractivity contribution is 0.0511. The van der Waals surface area contributed by atoms with Crippen molar-refractivity contribution >= 4 is 17.6 Å². The molecule has 3 heterocycles. The lowest BCUT2D eigenvalue weighted by Crippen LogP contribution is -2.42. The zero-order valence-electron chi connectivity index (χ0n) is 18.6. The minimum absolute atomic E-state index is 0.0909. The van der Waals surface area contributed by atoms with Crippen molar-refractivity contribution in [3.05, 3.63) is 30.1 Å². The first-order valence-electron chi connectivity index (χ1n) is 10.7. The third-order valence-corrected chi connectivity index (χ3v) is 4.87. The van der Waals surface area contributed by atoms with Crippen LogP contribution in [0.4, 0.5) is 16.3 Å². The summed E-state index contributed by atoms with van der Waals surface area (Å²) in [6.07, 6.45) is 2.22. The van der Waals surface area contributed by atoms with E-state index in [0.717, 1.165) is 0 Å². The maximum atomic E-state index is 12.0. The first-order valence-corrected chi connectivity index (χ1v) is 10.7. The lowest BCUT2D eigenvalue weighted by Gasteiger charge is -2.32. The minimum Gasteiger partial charge on any atom is -0.502 e. The van der Waals surface area contributed by atoms with Gasteiger partial charge >= 0.3 is 6.09 Å². The van der Waals surface area contributed by atoms with E-state index in [2.05, 4.69) is 15.3 Å². The van der Waals surface area contributed by atoms with E-state index in [9.17, 15) is 9.90 Å². The summed E-state index contributed by atoms with van der Waals surface area (Å²) < 4.78 is 16.5. The van der Waals surface area contributed by atoms with Gasteiger partial charge in [-0.05, 0) is 26.8 Å². The number of likely N-dealkylation sites (tertiary alicyclic amines) is 1. The Labute approximate surface area is 187 Å². The standard InChI is InChI=1S/C22H30N4O6/c1-14(2)31-22(29)26-10-7-16(8-11-26)32-18-6-9-23-21(20(18)28)25-17-4-5-19(24-15(17)3)30-13-12-27/h4-6,9,14,16,27-28H,7-8,10-13H2,1-3H3,(H,23,25). The molecule has 0 spiro atoms. The topological polar surface area (TPSA) is 126 Å². The third-order valence-electron chi connectivity index (χ3n) is 4.87. The van der Waals surface area contributed by atoms with Gasteiger partial charge in [0.2, 0.25) is 11.6 Å². The lowest BCUT2D eigenvalue weighted by atomic mass is 10.1. The number of piperidine rings is 1. The predicted molar refractivity (Wildman–Crippen MR) is 118 cm³/mol. The first kappa shape index (κ1) is 23.4. The Hall–Kier alpha value is -3.27. The van der Waals surface area contributed by atoms with E-state index >= 15 is 0 Å². The van der Waals surface area contributed by atoms with Gasteiger partial charge in [0.1, 0.15) is 12.7 Å². The van der Waals surface area contributed by atoms with Crippen molar-refractivity contribution in [3.63, 3.8) is 0 Å². The van der Waals surface area contributed by atoms with E-state index in [0.29, 0.717) is 48.9 Å². The second-order valence-corrected chi connectivity index (χ2v) is 7.72. The van der Waals surface area contributed by atoms with Crippen LogP contribution in [0.15, 0.2) is 24.4 Å². The molecule has 10 heteroatoms. The number of aromatic hydroxyl groups is 1. The van der Waals surface area contributed by atoms with Crippen LogP contribution < -0.4 is 14.8 Å². The summed E-state index contributed by atoms with van der Waals surface area (Å²) in [4.78, 5) is 22.2. The quantitative estimate of drug-likeness (QED) is 0.561. The molecule has 2 aromatic heterocycles. The molecule has 1 saturated heterocycles. The number of carbonyl (C=O) groups excluding carboxylic acids is 1. The molecule has 0 saturated carbocycles. The number of carbonyl (C=O) groups is 1. The van der Waals surface area contributed by atoms with Crippen LogP contribution >= 0.6 is 0 Å². The molecule has 1 amide bonds. The molecule has 1 aliphatic rings. The molecule has 0 atom stereocenters. The average molecular weight is 447 g/mol. The molecule has 1 aliphatic heterocycles. The van der Waals surface area contributed by atoms with Crippen molar-refractivity contribution in [1.82, 2.24) is 14.9 Å². The fraction of sp³-hybridized carbons (Fsp3) is 0.500. The molecule has 10 nitrogen and oxygen atoms in total. The van der Waals surface area contributed by atoms with E-state index in [1.165, 1.54) is 0 Å². The highest BCUT2D eigenvalue weighted by molar-refractivity contribution is 5.68. The number of aliphatic hydroxyl groups is 1. The number of nitrogens with one attached hydrogen (secondary N) is 1. The van der Waals surface area contributed by atoms with Crippen molar-refractivity contribution in [2.24, 2.45) is 0 Å². The van der Waals surface area contributed by atoms with Gasteiger partial charge in [0.25, 0.3) is 0 Å². The number of pyridine rings is 2. The molecule has 0 aliphatic carbocycles. The number of hydrogen-bond donors (Lipinski definition) is 3. The van der Waals surface area contributed by atoms with Crippen molar-refractivity contribution in [1.29, 1.82) is 0 Å². The molecule has 0 unspecified atom stereocenters. The molecule has 3 rings (SSSR count). The van der Waals surface area contributed by atoms with Gasteiger partial charge in [-0.1, -0.05) is 0 Å². The first-order chi connectivity index (χ1) is 15.4. The average Bonchev–Trinajstić information content (AvgIpc) is 2.76. The summed E-state index contributed by atoms with van der Waals surface area (Å²) in [6, 6.07) is 5.03. The van der Waals surface area contributed by atoms with Crippen molar-refractivity contribution in [3.8, 4) is 17.4 Å².